The molecular formula is C27H29N3O6. The van der Waals surface area contributed by atoms with Crippen LogP contribution in [0.4, 0.5) is 4.79 Å². The Morgan fingerprint density at radius 3 is 3.06 bits per heavy atom. The molecule has 36 heavy (non-hydrogen) atoms. The van der Waals surface area contributed by atoms with E-state index in [1.54, 1.807) is 13.3 Å². The number of aliphatic hydroxyl groups excluding tert-OH is 1. The second-order valence-electron chi connectivity index (χ2n) is 8.74. The normalized spacial score (nSPS) is 20.2. The van der Waals surface area contributed by atoms with Gasteiger partial charge in [-0.2, -0.15) is 0 Å². The number of nitrogens with one attached hydrogen (secondary N) is 1. The van der Waals surface area contributed by atoms with Crippen molar-refractivity contribution in [3.8, 4) is 5.75 Å². The van der Waals surface area contributed by atoms with E-state index < -0.39 is 18.3 Å². The summed E-state index contributed by atoms with van der Waals surface area (Å²) in [5.41, 5.74) is 3.04. The molecule has 1 amide bonds. The second-order valence-corrected chi connectivity index (χ2v) is 8.74. The molecule has 2 N–H and O–H groups in total. The lowest BCUT2D eigenvalue weighted by molar-refractivity contribution is 0.0333. The Labute approximate surface area is 209 Å². The summed E-state index contributed by atoms with van der Waals surface area (Å²) in [6.45, 7) is 1.08. The first kappa shape index (κ1) is 23.9. The number of methoxy groups -OCH3 is 1. The number of hydrogen-bond acceptors (Lipinski definition) is 8. The predicted molar refractivity (Wildman–Crippen MR) is 133 cm³/mol. The van der Waals surface area contributed by atoms with Crippen LogP contribution in [0.25, 0.3) is 10.9 Å². The third-order valence-electron chi connectivity index (χ3n) is 6.38. The average molecular weight is 492 g/mol. The summed E-state index contributed by atoms with van der Waals surface area (Å²) in [7, 11) is 1.64. The van der Waals surface area contributed by atoms with Gasteiger partial charge in [0.2, 0.25) is 5.88 Å². The second kappa shape index (κ2) is 10.8. The number of fused-ring (bicyclic) bond motifs is 1. The van der Waals surface area contributed by atoms with E-state index in [9.17, 15) is 9.90 Å². The van der Waals surface area contributed by atoms with Crippen molar-refractivity contribution in [2.45, 2.75) is 31.5 Å². The first-order valence-electron chi connectivity index (χ1n) is 12.0. The summed E-state index contributed by atoms with van der Waals surface area (Å²) < 4.78 is 22.1. The molecule has 2 aromatic rings. The van der Waals surface area contributed by atoms with Crippen molar-refractivity contribution in [1.29, 1.82) is 0 Å². The Kier molecular flexibility index (Phi) is 7.20. The van der Waals surface area contributed by atoms with Gasteiger partial charge in [-0.3, -0.25) is 4.98 Å². The number of nitrogens with zero attached hydrogens (tertiary/aromatic N) is 2. The van der Waals surface area contributed by atoms with E-state index in [1.165, 1.54) is 17.4 Å². The van der Waals surface area contributed by atoms with Crippen LogP contribution in [-0.4, -0.2) is 60.0 Å². The number of pyridine rings is 1. The molecule has 2 aliphatic heterocycles. The van der Waals surface area contributed by atoms with Crippen molar-refractivity contribution in [1.82, 2.24) is 15.2 Å². The number of ether oxygens (including phenoxy) is 4. The summed E-state index contributed by atoms with van der Waals surface area (Å²) in [6, 6.07) is 7.79. The number of benzene rings is 1. The van der Waals surface area contributed by atoms with E-state index >= 15 is 0 Å². The summed E-state index contributed by atoms with van der Waals surface area (Å²) in [4.78, 5) is 18.2. The zero-order chi connectivity index (χ0) is 24.9. The molecule has 1 aromatic carbocycles. The van der Waals surface area contributed by atoms with Crippen molar-refractivity contribution in [3.05, 3.63) is 84.0 Å². The molecule has 0 unspecified atom stereocenters. The summed E-state index contributed by atoms with van der Waals surface area (Å²) in [5.74, 6) is 1.59. The van der Waals surface area contributed by atoms with Crippen LogP contribution >= 0.6 is 0 Å². The third-order valence-corrected chi connectivity index (χ3v) is 6.38. The quantitative estimate of drug-likeness (QED) is 0.514. The molecule has 0 spiro atoms. The molecule has 1 aromatic heterocycles. The van der Waals surface area contributed by atoms with Crippen LogP contribution in [-0.2, 0) is 20.6 Å². The third kappa shape index (κ3) is 5.22. The summed E-state index contributed by atoms with van der Waals surface area (Å²) in [6.07, 6.45) is 11.1. The van der Waals surface area contributed by atoms with Crippen LogP contribution in [0.1, 0.15) is 18.4 Å². The van der Waals surface area contributed by atoms with Crippen LogP contribution in [0, 0.1) is 0 Å². The van der Waals surface area contributed by atoms with Crippen LogP contribution in [0.15, 0.2) is 78.4 Å². The molecule has 3 heterocycles. The fourth-order valence-corrected chi connectivity index (χ4v) is 4.38. The topological polar surface area (TPSA) is 102 Å². The number of allylic oxidation sites excluding steroid dienone is 4. The molecule has 1 fully saturated rings. The van der Waals surface area contributed by atoms with Gasteiger partial charge in [0.05, 0.1) is 19.2 Å². The highest BCUT2D eigenvalue weighted by Crippen LogP contribution is 2.30. The van der Waals surface area contributed by atoms with Gasteiger partial charge < -0.3 is 29.4 Å². The van der Waals surface area contributed by atoms with Crippen molar-refractivity contribution in [3.63, 3.8) is 0 Å². The highest BCUT2D eigenvalue weighted by atomic mass is 16.6. The van der Waals surface area contributed by atoms with Gasteiger partial charge in [-0.25, -0.2) is 9.69 Å². The number of carbonyl (C=O) groups is 1. The highest BCUT2D eigenvalue weighted by molar-refractivity contribution is 5.83. The van der Waals surface area contributed by atoms with E-state index in [0.717, 1.165) is 47.1 Å². The van der Waals surface area contributed by atoms with Crippen LogP contribution in [0.5, 0.6) is 5.75 Å². The van der Waals surface area contributed by atoms with Crippen LogP contribution < -0.4 is 10.1 Å². The Hall–Kier alpha value is -3.82. The van der Waals surface area contributed by atoms with Gasteiger partial charge in [0.25, 0.3) is 0 Å². The van der Waals surface area contributed by atoms with Gasteiger partial charge in [0.1, 0.15) is 24.2 Å². The van der Waals surface area contributed by atoms with E-state index in [4.69, 9.17) is 18.9 Å². The maximum atomic E-state index is 12.5. The first-order valence-corrected chi connectivity index (χ1v) is 12.0. The lowest BCUT2D eigenvalue weighted by Gasteiger charge is -2.23. The molecule has 9 heteroatoms. The molecule has 0 saturated carbocycles. The Morgan fingerprint density at radius 2 is 2.22 bits per heavy atom. The van der Waals surface area contributed by atoms with E-state index in [1.807, 2.05) is 36.4 Å². The number of cyclic esters (lactones) is 1. The van der Waals surface area contributed by atoms with Gasteiger partial charge in [-0.15, -0.1) is 0 Å². The molecule has 9 nitrogen and oxygen atoms in total. The Bertz CT molecular complexity index is 1250. The van der Waals surface area contributed by atoms with Gasteiger partial charge in [0.15, 0.2) is 12.0 Å². The number of carbonyl (C=O) groups excluding carboxylic acids is 1. The van der Waals surface area contributed by atoms with E-state index in [2.05, 4.69) is 16.4 Å². The fraction of sp³-hybridized carbons (Fsp3) is 0.333. The minimum absolute atomic E-state index is 0.165. The van der Waals surface area contributed by atoms with E-state index in [-0.39, 0.29) is 19.0 Å². The number of rotatable bonds is 9. The summed E-state index contributed by atoms with van der Waals surface area (Å²) >= 11 is 0. The predicted octanol–water partition coefficient (Wildman–Crippen LogP) is 3.52. The van der Waals surface area contributed by atoms with Gasteiger partial charge >= 0.3 is 6.09 Å². The molecule has 3 aliphatic rings. The van der Waals surface area contributed by atoms with Crippen LogP contribution in [0.2, 0.25) is 0 Å². The van der Waals surface area contributed by atoms with Gasteiger partial charge in [0, 0.05) is 18.1 Å². The minimum Gasteiger partial charge on any atom is -0.497 e. The zero-order valence-electron chi connectivity index (χ0n) is 20.1. The SMILES string of the molecule is COc1ccc2nccc(CCNC[C@H](O)[C@@H]3CN(C4=COC=C(C5=CC=CCC5)O4)C(=O)O3)c2c1. The minimum atomic E-state index is -0.875. The maximum absolute atomic E-state index is 12.5. The monoisotopic (exact) mass is 491 g/mol. The van der Waals surface area contributed by atoms with Gasteiger partial charge in [-0.05, 0) is 61.2 Å². The number of hydrogen-bond donors (Lipinski definition) is 2. The highest BCUT2D eigenvalue weighted by Gasteiger charge is 2.39. The molecule has 0 bridgehead atoms. The molecular weight excluding hydrogens is 462 g/mol. The summed E-state index contributed by atoms with van der Waals surface area (Å²) in [5, 5.41) is 15.0. The molecule has 0 radical (unpaired) electrons. The zero-order valence-corrected chi connectivity index (χ0v) is 20.1. The number of amides is 1. The standard InChI is InChI=1S/C27H29N3O6/c1-33-20-7-8-22-21(13-20)18(10-12-29-22)9-11-28-14-23(31)24-15-30(27(32)36-24)26-17-34-16-25(35-26)19-5-3-2-4-6-19/h2-3,5,7-8,10,12-13,16-17,23-24,28,31H,4,6,9,11,14-15H2,1H3/t23-,24-/m0/s1. The lowest BCUT2D eigenvalue weighted by Crippen LogP contribution is -2.39. The Morgan fingerprint density at radius 1 is 1.31 bits per heavy atom. The van der Waals surface area contributed by atoms with Crippen molar-refractivity contribution in [2.75, 3.05) is 26.7 Å². The smallest absolute Gasteiger partial charge is 0.417 e. The lowest BCUT2D eigenvalue weighted by atomic mass is 10.0. The molecule has 188 valence electrons. The Balaban J connectivity index is 1.12. The first-order chi connectivity index (χ1) is 17.6. The average Bonchev–Trinajstić information content (AvgIpc) is 3.33. The molecule has 1 saturated heterocycles. The number of aliphatic hydroxyl groups is 1. The molecule has 5 rings (SSSR count). The van der Waals surface area contributed by atoms with Crippen LogP contribution in [0.3, 0.4) is 0 Å². The van der Waals surface area contributed by atoms with Crippen molar-refractivity contribution >= 4 is 17.0 Å². The molecule has 1 aliphatic carbocycles. The maximum Gasteiger partial charge on any atom is 0.417 e. The fourth-order valence-electron chi connectivity index (χ4n) is 4.38. The van der Waals surface area contributed by atoms with Crippen molar-refractivity contribution < 1.29 is 28.8 Å². The van der Waals surface area contributed by atoms with Crippen molar-refractivity contribution in [2.24, 2.45) is 0 Å². The molecule has 2 atom stereocenters. The van der Waals surface area contributed by atoms with E-state index in [0.29, 0.717) is 12.3 Å². The number of aromatic nitrogens is 1. The largest absolute Gasteiger partial charge is 0.497 e. The van der Waals surface area contributed by atoms with Gasteiger partial charge in [-0.1, -0.05) is 18.2 Å².